The number of nitrogens with one attached hydrogen (secondary N) is 1. The summed E-state index contributed by atoms with van der Waals surface area (Å²) in [7, 11) is 0. The second-order valence-corrected chi connectivity index (χ2v) is 6.70. The molecular formula is C18H25N3O2. The Labute approximate surface area is 137 Å². The van der Waals surface area contributed by atoms with Crippen molar-refractivity contribution in [3.05, 3.63) is 46.8 Å². The summed E-state index contributed by atoms with van der Waals surface area (Å²) in [5.41, 5.74) is 3.75. The van der Waals surface area contributed by atoms with Crippen LogP contribution in [0.25, 0.3) is 0 Å². The fraction of sp³-hybridized carbons (Fsp3) is 0.500. The summed E-state index contributed by atoms with van der Waals surface area (Å²) in [6.07, 6.45) is 0.731. The van der Waals surface area contributed by atoms with Gasteiger partial charge in [0.1, 0.15) is 18.0 Å². The lowest BCUT2D eigenvalue weighted by Crippen LogP contribution is -2.39. The van der Waals surface area contributed by atoms with Gasteiger partial charge in [-0.3, -0.25) is 10.00 Å². The van der Waals surface area contributed by atoms with E-state index in [1.165, 1.54) is 5.56 Å². The third-order valence-electron chi connectivity index (χ3n) is 4.57. The number of nitrogens with zero attached hydrogens (tertiary/aromatic N) is 2. The van der Waals surface area contributed by atoms with Gasteiger partial charge in [0.15, 0.2) is 0 Å². The summed E-state index contributed by atoms with van der Waals surface area (Å²) in [5, 5.41) is 18.0. The minimum absolute atomic E-state index is 0.330. The Morgan fingerprint density at radius 3 is 2.87 bits per heavy atom. The molecule has 124 valence electrons. The van der Waals surface area contributed by atoms with Crippen molar-refractivity contribution in [3.8, 4) is 5.75 Å². The van der Waals surface area contributed by atoms with Gasteiger partial charge in [-0.2, -0.15) is 5.10 Å². The largest absolute Gasteiger partial charge is 0.491 e. The summed E-state index contributed by atoms with van der Waals surface area (Å²) < 4.78 is 5.81. The number of aromatic amines is 1. The van der Waals surface area contributed by atoms with Crippen molar-refractivity contribution in [3.63, 3.8) is 0 Å². The van der Waals surface area contributed by atoms with Crippen LogP contribution in [-0.2, 0) is 6.54 Å². The second-order valence-electron chi connectivity index (χ2n) is 6.70. The molecule has 23 heavy (non-hydrogen) atoms. The summed E-state index contributed by atoms with van der Waals surface area (Å²) in [6.45, 7) is 8.74. The molecule has 1 saturated heterocycles. The van der Waals surface area contributed by atoms with Gasteiger partial charge in [-0.25, -0.2) is 0 Å². The van der Waals surface area contributed by atoms with E-state index < -0.39 is 5.60 Å². The van der Waals surface area contributed by atoms with Crippen molar-refractivity contribution in [1.82, 2.24) is 15.1 Å². The topological polar surface area (TPSA) is 61.4 Å². The molecule has 1 aromatic carbocycles. The van der Waals surface area contributed by atoms with Crippen LogP contribution < -0.4 is 4.74 Å². The van der Waals surface area contributed by atoms with Crippen LogP contribution in [-0.4, -0.2) is 45.5 Å². The highest BCUT2D eigenvalue weighted by Crippen LogP contribution is 2.25. The van der Waals surface area contributed by atoms with Gasteiger partial charge in [-0.05, 0) is 44.9 Å². The van der Waals surface area contributed by atoms with E-state index in [1.54, 1.807) is 0 Å². The van der Waals surface area contributed by atoms with Crippen LogP contribution in [0.2, 0.25) is 0 Å². The average Bonchev–Trinajstić information content (AvgIpc) is 3.04. The number of hydrogen-bond acceptors (Lipinski definition) is 4. The Morgan fingerprint density at radius 1 is 1.35 bits per heavy atom. The van der Waals surface area contributed by atoms with Gasteiger partial charge in [0.25, 0.3) is 0 Å². The standard InChI is InChI=1S/C18H25N3O2/c1-13-5-4-6-16(9-13)23-12-18(22)7-8-21(11-18)10-17-14(2)19-20-15(17)3/h4-6,9,22H,7-8,10-12H2,1-3H3,(H,19,20)/t18-/m0/s1. The summed E-state index contributed by atoms with van der Waals surface area (Å²) in [5.74, 6) is 0.818. The fourth-order valence-electron chi connectivity index (χ4n) is 3.15. The highest BCUT2D eigenvalue weighted by molar-refractivity contribution is 5.27. The molecule has 0 saturated carbocycles. The van der Waals surface area contributed by atoms with Gasteiger partial charge >= 0.3 is 0 Å². The van der Waals surface area contributed by atoms with E-state index in [1.807, 2.05) is 45.0 Å². The van der Waals surface area contributed by atoms with Crippen molar-refractivity contribution in [2.75, 3.05) is 19.7 Å². The molecule has 1 aliphatic heterocycles. The lowest BCUT2D eigenvalue weighted by Gasteiger charge is -2.24. The molecule has 1 fully saturated rings. The lowest BCUT2D eigenvalue weighted by molar-refractivity contribution is 0.00334. The Hall–Kier alpha value is -1.85. The minimum atomic E-state index is -0.782. The van der Waals surface area contributed by atoms with Crippen molar-refractivity contribution < 1.29 is 9.84 Å². The molecule has 0 amide bonds. The van der Waals surface area contributed by atoms with Crippen LogP contribution in [0.4, 0.5) is 0 Å². The molecule has 5 nitrogen and oxygen atoms in total. The van der Waals surface area contributed by atoms with Crippen LogP contribution in [0.5, 0.6) is 5.75 Å². The van der Waals surface area contributed by atoms with E-state index in [0.717, 1.165) is 42.2 Å². The van der Waals surface area contributed by atoms with Gasteiger partial charge < -0.3 is 9.84 Å². The molecule has 0 spiro atoms. The molecule has 2 aromatic rings. The van der Waals surface area contributed by atoms with E-state index >= 15 is 0 Å². The molecule has 2 heterocycles. The number of aryl methyl sites for hydroxylation is 3. The maximum absolute atomic E-state index is 10.8. The summed E-state index contributed by atoms with van der Waals surface area (Å²) in [6, 6.07) is 7.93. The summed E-state index contributed by atoms with van der Waals surface area (Å²) in [4.78, 5) is 2.27. The number of H-pyrrole nitrogens is 1. The van der Waals surface area contributed by atoms with Crippen LogP contribution in [0.15, 0.2) is 24.3 Å². The van der Waals surface area contributed by atoms with E-state index in [4.69, 9.17) is 4.74 Å². The molecule has 3 rings (SSSR count). The lowest BCUT2D eigenvalue weighted by atomic mass is 10.1. The number of rotatable bonds is 5. The first-order valence-corrected chi connectivity index (χ1v) is 8.10. The van der Waals surface area contributed by atoms with Crippen LogP contribution in [0.3, 0.4) is 0 Å². The SMILES string of the molecule is Cc1cccc(OC[C@]2(O)CCN(Cc3c(C)n[nH]c3C)C2)c1. The van der Waals surface area contributed by atoms with Gasteiger partial charge in [-0.1, -0.05) is 12.1 Å². The van der Waals surface area contributed by atoms with Crippen molar-refractivity contribution in [2.45, 2.75) is 39.3 Å². The van der Waals surface area contributed by atoms with Crippen LogP contribution in [0.1, 0.15) is 28.9 Å². The molecule has 1 aliphatic rings. The number of aliphatic hydroxyl groups is 1. The molecule has 1 aromatic heterocycles. The Kier molecular flexibility index (Phi) is 4.41. The minimum Gasteiger partial charge on any atom is -0.491 e. The predicted molar refractivity (Wildman–Crippen MR) is 89.6 cm³/mol. The van der Waals surface area contributed by atoms with Gasteiger partial charge in [-0.15, -0.1) is 0 Å². The Balaban J connectivity index is 1.57. The molecule has 0 radical (unpaired) electrons. The summed E-state index contributed by atoms with van der Waals surface area (Å²) >= 11 is 0. The first-order valence-electron chi connectivity index (χ1n) is 8.10. The fourth-order valence-corrected chi connectivity index (χ4v) is 3.15. The molecule has 0 bridgehead atoms. The molecule has 0 unspecified atom stereocenters. The van der Waals surface area contributed by atoms with Gasteiger partial charge in [0.05, 0.1) is 5.69 Å². The molecule has 2 N–H and O–H groups in total. The van der Waals surface area contributed by atoms with E-state index in [9.17, 15) is 5.11 Å². The maximum Gasteiger partial charge on any atom is 0.119 e. The zero-order valence-electron chi connectivity index (χ0n) is 14.1. The smallest absolute Gasteiger partial charge is 0.119 e. The average molecular weight is 315 g/mol. The highest BCUT2D eigenvalue weighted by atomic mass is 16.5. The number of ether oxygens (including phenoxy) is 1. The van der Waals surface area contributed by atoms with E-state index in [2.05, 4.69) is 15.1 Å². The maximum atomic E-state index is 10.8. The normalized spacial score (nSPS) is 21.7. The van der Waals surface area contributed by atoms with Crippen molar-refractivity contribution >= 4 is 0 Å². The Morgan fingerprint density at radius 2 is 2.17 bits per heavy atom. The first-order chi connectivity index (χ1) is 11.0. The van der Waals surface area contributed by atoms with E-state index in [-0.39, 0.29) is 0 Å². The van der Waals surface area contributed by atoms with Gasteiger partial charge in [0, 0.05) is 30.9 Å². The predicted octanol–water partition coefficient (Wildman–Crippen LogP) is 2.35. The van der Waals surface area contributed by atoms with Crippen molar-refractivity contribution in [1.29, 1.82) is 0 Å². The third kappa shape index (κ3) is 3.74. The van der Waals surface area contributed by atoms with Crippen molar-refractivity contribution in [2.24, 2.45) is 0 Å². The Bertz CT molecular complexity index is 663. The first kappa shape index (κ1) is 16.0. The molecule has 1 atom stereocenters. The monoisotopic (exact) mass is 315 g/mol. The molecule has 5 heteroatoms. The number of aromatic nitrogens is 2. The number of benzene rings is 1. The van der Waals surface area contributed by atoms with Crippen LogP contribution in [0, 0.1) is 20.8 Å². The number of β-amino-alcohol motifs (C(OH)–C–C–N with tert-alkyl or cyclic N) is 1. The van der Waals surface area contributed by atoms with Crippen LogP contribution >= 0.6 is 0 Å². The number of likely N-dealkylation sites (tertiary alicyclic amines) is 1. The van der Waals surface area contributed by atoms with Gasteiger partial charge in [0.2, 0.25) is 0 Å². The van der Waals surface area contributed by atoms with E-state index in [0.29, 0.717) is 13.2 Å². The zero-order valence-corrected chi connectivity index (χ0v) is 14.1. The quantitative estimate of drug-likeness (QED) is 0.889. The third-order valence-corrected chi connectivity index (χ3v) is 4.57. The molecule has 0 aliphatic carbocycles. The zero-order chi connectivity index (χ0) is 16.4. The number of hydrogen-bond donors (Lipinski definition) is 2. The highest BCUT2D eigenvalue weighted by Gasteiger charge is 2.37. The molecular weight excluding hydrogens is 290 g/mol. The second kappa shape index (κ2) is 6.34.